The monoisotopic (exact) mass is 339 g/mol. The molecule has 136 valence electrons. The lowest BCUT2D eigenvalue weighted by Gasteiger charge is -2.37. The molecular formula is C17H29N3O4. The van der Waals surface area contributed by atoms with Crippen molar-refractivity contribution in [3.05, 3.63) is 11.8 Å². The number of likely N-dealkylation sites (N-methyl/N-ethyl adjacent to an activating group) is 1. The smallest absolute Gasteiger partial charge is 0.252 e. The van der Waals surface area contributed by atoms with Gasteiger partial charge in [-0.1, -0.05) is 0 Å². The van der Waals surface area contributed by atoms with E-state index in [4.69, 9.17) is 10.5 Å². The van der Waals surface area contributed by atoms with Crippen molar-refractivity contribution >= 4 is 11.8 Å². The normalized spacial score (nSPS) is 21.6. The van der Waals surface area contributed by atoms with E-state index in [1.165, 1.54) is 0 Å². The zero-order chi connectivity index (χ0) is 18.0. The molecule has 0 aromatic carbocycles. The van der Waals surface area contributed by atoms with E-state index in [9.17, 15) is 14.7 Å². The van der Waals surface area contributed by atoms with Crippen LogP contribution in [0.4, 0.5) is 0 Å². The Morgan fingerprint density at radius 1 is 1.38 bits per heavy atom. The molecule has 0 aromatic rings. The van der Waals surface area contributed by atoms with Crippen molar-refractivity contribution in [2.75, 3.05) is 26.8 Å². The van der Waals surface area contributed by atoms with E-state index >= 15 is 0 Å². The van der Waals surface area contributed by atoms with Gasteiger partial charge in [0.2, 0.25) is 5.91 Å². The maximum atomic E-state index is 12.5. The van der Waals surface area contributed by atoms with Crippen LogP contribution < -0.4 is 11.1 Å². The molecule has 2 aliphatic rings. The summed E-state index contributed by atoms with van der Waals surface area (Å²) in [5.41, 5.74) is 3.93. The van der Waals surface area contributed by atoms with E-state index in [-0.39, 0.29) is 11.6 Å². The van der Waals surface area contributed by atoms with Crippen molar-refractivity contribution in [2.24, 2.45) is 11.7 Å². The largest absolute Gasteiger partial charge is 0.400 e. The molecule has 0 aromatic heterocycles. The lowest BCUT2D eigenvalue weighted by Crippen LogP contribution is -2.55. The minimum absolute atomic E-state index is 0.112. The molecule has 2 rings (SSSR count). The maximum Gasteiger partial charge on any atom is 0.252 e. The number of nitrogens with two attached hydrogens (primary N) is 1. The van der Waals surface area contributed by atoms with Gasteiger partial charge in [0.25, 0.3) is 5.91 Å². The summed E-state index contributed by atoms with van der Waals surface area (Å²) in [6, 6.07) is 0. The molecule has 0 spiro atoms. The van der Waals surface area contributed by atoms with Crippen LogP contribution in [0.15, 0.2) is 11.8 Å². The van der Waals surface area contributed by atoms with Crippen molar-refractivity contribution in [1.29, 1.82) is 0 Å². The Balaban J connectivity index is 1.89. The lowest BCUT2D eigenvalue weighted by molar-refractivity contribution is -0.135. The van der Waals surface area contributed by atoms with Crippen LogP contribution in [-0.2, 0) is 14.3 Å². The topological polar surface area (TPSA) is 105 Å². The summed E-state index contributed by atoms with van der Waals surface area (Å²) in [6.07, 6.45) is 4.18. The highest BCUT2D eigenvalue weighted by molar-refractivity contribution is 6.04. The Bertz CT molecular complexity index is 520. The lowest BCUT2D eigenvalue weighted by atomic mass is 9.95. The van der Waals surface area contributed by atoms with E-state index in [0.29, 0.717) is 18.8 Å². The number of nitrogens with zero attached hydrogens (tertiary/aromatic N) is 1. The molecule has 2 amide bonds. The molecule has 4 N–H and O–H groups in total. The minimum atomic E-state index is -1.06. The summed E-state index contributed by atoms with van der Waals surface area (Å²) in [6.45, 7) is 5.87. The van der Waals surface area contributed by atoms with Gasteiger partial charge in [0.05, 0.1) is 5.54 Å². The second kappa shape index (κ2) is 7.21. The molecule has 0 bridgehead atoms. The highest BCUT2D eigenvalue weighted by Crippen LogP contribution is 2.39. The summed E-state index contributed by atoms with van der Waals surface area (Å²) < 4.78 is 5.36. The maximum absolute atomic E-state index is 12.5. The van der Waals surface area contributed by atoms with E-state index < -0.39 is 17.0 Å². The second-order valence-electron chi connectivity index (χ2n) is 7.44. The zero-order valence-corrected chi connectivity index (χ0v) is 14.8. The van der Waals surface area contributed by atoms with Crippen molar-refractivity contribution in [3.63, 3.8) is 0 Å². The number of aliphatic hydroxyl groups is 1. The molecule has 1 aliphatic carbocycles. The molecule has 1 saturated carbocycles. The Morgan fingerprint density at radius 3 is 2.50 bits per heavy atom. The summed E-state index contributed by atoms with van der Waals surface area (Å²) in [7, 11) is 1.89. The number of amides is 2. The van der Waals surface area contributed by atoms with Gasteiger partial charge in [-0.05, 0) is 52.5 Å². The molecule has 24 heavy (non-hydrogen) atoms. The van der Waals surface area contributed by atoms with Gasteiger partial charge in [-0.3, -0.25) is 19.8 Å². The number of carbonyl (C=O) groups excluding carboxylic acids is 2. The Morgan fingerprint density at radius 2 is 1.96 bits per heavy atom. The van der Waals surface area contributed by atoms with Crippen molar-refractivity contribution in [3.8, 4) is 0 Å². The van der Waals surface area contributed by atoms with Crippen LogP contribution in [0.1, 0.15) is 39.5 Å². The average molecular weight is 339 g/mol. The highest BCUT2D eigenvalue weighted by Gasteiger charge is 2.43. The van der Waals surface area contributed by atoms with Gasteiger partial charge in [-0.15, -0.1) is 0 Å². The van der Waals surface area contributed by atoms with Crippen LogP contribution in [0, 0.1) is 5.92 Å². The van der Waals surface area contributed by atoms with E-state index in [1.54, 1.807) is 13.8 Å². The first-order valence-corrected chi connectivity index (χ1v) is 8.49. The van der Waals surface area contributed by atoms with Crippen molar-refractivity contribution in [1.82, 2.24) is 10.2 Å². The van der Waals surface area contributed by atoms with Gasteiger partial charge in [0, 0.05) is 31.5 Å². The fourth-order valence-corrected chi connectivity index (χ4v) is 2.70. The standard InChI is InChI=1S/C17H29N3O4/c1-16(2,20(3)11-12-4-8-24-9-5-12)15(22)19-14(21)10-13(18)17(23)6-7-17/h10,12,23H,4-9,11,18H2,1-3H3,(H,19,21,22). The van der Waals surface area contributed by atoms with Gasteiger partial charge < -0.3 is 15.6 Å². The Kier molecular flexibility index (Phi) is 5.67. The van der Waals surface area contributed by atoms with E-state index in [1.807, 2.05) is 11.9 Å². The predicted octanol–water partition coefficient (Wildman–Crippen LogP) is 0.134. The van der Waals surface area contributed by atoms with Crippen LogP contribution in [0.25, 0.3) is 0 Å². The Labute approximate surface area is 143 Å². The molecule has 7 nitrogen and oxygen atoms in total. The zero-order valence-electron chi connectivity index (χ0n) is 14.8. The SMILES string of the molecule is CN(CC1CCOCC1)C(C)(C)C(=O)NC(=O)C=C(N)C1(O)CC1. The third kappa shape index (κ3) is 4.55. The molecule has 1 aliphatic heterocycles. The third-order valence-corrected chi connectivity index (χ3v) is 5.17. The molecule has 1 heterocycles. The number of hydrogen-bond acceptors (Lipinski definition) is 6. The van der Waals surface area contributed by atoms with Crippen molar-refractivity contribution < 1.29 is 19.4 Å². The highest BCUT2D eigenvalue weighted by atomic mass is 16.5. The summed E-state index contributed by atoms with van der Waals surface area (Å²) in [5.74, 6) is -0.481. The quantitative estimate of drug-likeness (QED) is 0.594. The molecule has 0 radical (unpaired) electrons. The van der Waals surface area contributed by atoms with Gasteiger partial charge in [0.1, 0.15) is 5.60 Å². The molecule has 2 fully saturated rings. The first-order chi connectivity index (χ1) is 11.1. The van der Waals surface area contributed by atoms with Crippen LogP contribution in [0.3, 0.4) is 0 Å². The van der Waals surface area contributed by atoms with Crippen LogP contribution in [0.5, 0.6) is 0 Å². The number of ether oxygens (including phenoxy) is 1. The van der Waals surface area contributed by atoms with E-state index in [2.05, 4.69) is 5.32 Å². The molecule has 0 unspecified atom stereocenters. The van der Waals surface area contributed by atoms with Gasteiger partial charge in [0.15, 0.2) is 0 Å². The number of hydrogen-bond donors (Lipinski definition) is 3. The third-order valence-electron chi connectivity index (χ3n) is 5.17. The number of rotatable bonds is 6. The summed E-state index contributed by atoms with van der Waals surface area (Å²) >= 11 is 0. The van der Waals surface area contributed by atoms with Crippen molar-refractivity contribution in [2.45, 2.75) is 50.7 Å². The van der Waals surface area contributed by atoms with Crippen LogP contribution in [0.2, 0.25) is 0 Å². The fourth-order valence-electron chi connectivity index (χ4n) is 2.70. The summed E-state index contributed by atoms with van der Waals surface area (Å²) in [5, 5.41) is 12.2. The minimum Gasteiger partial charge on any atom is -0.400 e. The predicted molar refractivity (Wildman–Crippen MR) is 89.9 cm³/mol. The molecule has 7 heteroatoms. The summed E-state index contributed by atoms with van der Waals surface area (Å²) in [4.78, 5) is 26.4. The number of imide groups is 1. The first kappa shape index (κ1) is 18.9. The van der Waals surface area contributed by atoms with Gasteiger partial charge in [-0.25, -0.2) is 0 Å². The number of nitrogens with one attached hydrogen (secondary N) is 1. The van der Waals surface area contributed by atoms with Crippen LogP contribution in [-0.4, -0.2) is 59.8 Å². The molecular weight excluding hydrogens is 310 g/mol. The molecule has 1 saturated heterocycles. The van der Waals surface area contributed by atoms with Gasteiger partial charge >= 0.3 is 0 Å². The second-order valence-corrected chi connectivity index (χ2v) is 7.44. The fraction of sp³-hybridized carbons (Fsp3) is 0.765. The number of carbonyl (C=O) groups is 2. The first-order valence-electron chi connectivity index (χ1n) is 8.49. The average Bonchev–Trinajstić information content (AvgIpc) is 3.27. The molecule has 0 atom stereocenters. The Hall–Kier alpha value is -1.44. The van der Waals surface area contributed by atoms with E-state index in [0.717, 1.165) is 38.7 Å². The van der Waals surface area contributed by atoms with Gasteiger partial charge in [-0.2, -0.15) is 0 Å². The van der Waals surface area contributed by atoms with Crippen LogP contribution >= 0.6 is 0 Å².